The highest BCUT2D eigenvalue weighted by Gasteiger charge is 2.18. The fourth-order valence-corrected chi connectivity index (χ4v) is 4.35. The van der Waals surface area contributed by atoms with Gasteiger partial charge in [0.25, 0.3) is 0 Å². The van der Waals surface area contributed by atoms with Gasteiger partial charge in [-0.15, -0.1) is 22.7 Å². The van der Waals surface area contributed by atoms with E-state index in [-0.39, 0.29) is 0 Å². The monoisotopic (exact) mass is 306 g/mol. The van der Waals surface area contributed by atoms with Gasteiger partial charge in [0.2, 0.25) is 0 Å². The number of hydrogen-bond donors (Lipinski definition) is 1. The van der Waals surface area contributed by atoms with E-state index < -0.39 is 0 Å². The highest BCUT2D eigenvalue weighted by molar-refractivity contribution is 7.10. The fourth-order valence-electron chi connectivity index (χ4n) is 2.86. The summed E-state index contributed by atoms with van der Waals surface area (Å²) in [6.07, 6.45) is 2.65. The molecule has 0 radical (unpaired) electrons. The molecule has 2 aromatic heterocycles. The zero-order valence-corrected chi connectivity index (χ0v) is 13.4. The average molecular weight is 307 g/mol. The van der Waals surface area contributed by atoms with E-state index in [1.165, 1.54) is 42.2 Å². The van der Waals surface area contributed by atoms with Crippen molar-refractivity contribution in [1.82, 2.24) is 10.2 Å². The van der Waals surface area contributed by atoms with Crippen molar-refractivity contribution in [3.8, 4) is 0 Å². The molecule has 0 unspecified atom stereocenters. The summed E-state index contributed by atoms with van der Waals surface area (Å²) in [5, 5.41) is 7.83. The van der Waals surface area contributed by atoms with E-state index in [1.807, 2.05) is 22.7 Å². The second-order valence-corrected chi connectivity index (χ2v) is 7.59. The molecule has 3 rings (SSSR count). The largest absolute Gasteiger partial charge is 0.317 e. The van der Waals surface area contributed by atoms with Crippen molar-refractivity contribution >= 4 is 22.7 Å². The number of rotatable bonds is 6. The minimum Gasteiger partial charge on any atom is -0.317 e. The van der Waals surface area contributed by atoms with Crippen LogP contribution in [0.25, 0.3) is 0 Å². The van der Waals surface area contributed by atoms with E-state index >= 15 is 0 Å². The maximum absolute atomic E-state index is 3.46. The van der Waals surface area contributed by atoms with Crippen molar-refractivity contribution in [1.29, 1.82) is 0 Å². The number of piperidine rings is 1. The van der Waals surface area contributed by atoms with Crippen molar-refractivity contribution < 1.29 is 0 Å². The van der Waals surface area contributed by atoms with Crippen molar-refractivity contribution in [2.24, 2.45) is 5.92 Å². The first kappa shape index (κ1) is 14.3. The quantitative estimate of drug-likeness (QED) is 0.873. The number of nitrogens with zero attached hydrogens (tertiary/aromatic N) is 1. The molecule has 1 N–H and O–H groups in total. The zero-order valence-electron chi connectivity index (χ0n) is 11.8. The van der Waals surface area contributed by atoms with E-state index in [2.05, 4.69) is 45.2 Å². The highest BCUT2D eigenvalue weighted by atomic mass is 32.1. The molecule has 1 fully saturated rings. The molecule has 0 amide bonds. The summed E-state index contributed by atoms with van der Waals surface area (Å²) < 4.78 is 0. The van der Waals surface area contributed by atoms with E-state index in [4.69, 9.17) is 0 Å². The number of hydrogen-bond acceptors (Lipinski definition) is 4. The topological polar surface area (TPSA) is 15.3 Å². The third-order valence-corrected chi connectivity index (χ3v) is 5.62. The van der Waals surface area contributed by atoms with Gasteiger partial charge < -0.3 is 5.32 Å². The molecule has 108 valence electrons. The molecule has 3 heterocycles. The van der Waals surface area contributed by atoms with Gasteiger partial charge in [-0.3, -0.25) is 4.90 Å². The first-order chi connectivity index (χ1) is 9.90. The Kier molecular flexibility index (Phi) is 5.25. The smallest absolute Gasteiger partial charge is 0.0331 e. The lowest BCUT2D eigenvalue weighted by Gasteiger charge is -2.29. The predicted octanol–water partition coefficient (Wildman–Crippen LogP) is 3.81. The van der Waals surface area contributed by atoms with Crippen LogP contribution in [-0.2, 0) is 13.1 Å². The summed E-state index contributed by atoms with van der Waals surface area (Å²) in [6.45, 7) is 5.81. The normalized spacial score (nSPS) is 16.9. The van der Waals surface area contributed by atoms with E-state index in [1.54, 1.807) is 0 Å². The molecular weight excluding hydrogens is 284 g/mol. The van der Waals surface area contributed by atoms with Crippen molar-refractivity contribution in [2.75, 3.05) is 19.6 Å². The SMILES string of the molecule is c1csc(CN(Cc2cccs2)CC2CCNCC2)c1. The zero-order chi connectivity index (χ0) is 13.6. The third kappa shape index (κ3) is 4.16. The molecule has 0 saturated carbocycles. The number of nitrogens with one attached hydrogen (secondary N) is 1. The summed E-state index contributed by atoms with van der Waals surface area (Å²) in [7, 11) is 0. The predicted molar refractivity (Wildman–Crippen MR) is 88.3 cm³/mol. The first-order valence-electron chi connectivity index (χ1n) is 7.38. The van der Waals surface area contributed by atoms with Crippen LogP contribution >= 0.6 is 22.7 Å². The van der Waals surface area contributed by atoms with Gasteiger partial charge in [0.05, 0.1) is 0 Å². The molecule has 1 saturated heterocycles. The maximum atomic E-state index is 3.46. The molecular formula is C16H22N2S2. The highest BCUT2D eigenvalue weighted by Crippen LogP contribution is 2.21. The van der Waals surface area contributed by atoms with Crippen molar-refractivity contribution in [2.45, 2.75) is 25.9 Å². The summed E-state index contributed by atoms with van der Waals surface area (Å²) in [5.41, 5.74) is 0. The molecule has 2 nitrogen and oxygen atoms in total. The van der Waals surface area contributed by atoms with Crippen LogP contribution in [0.15, 0.2) is 35.0 Å². The molecule has 1 aliphatic heterocycles. The van der Waals surface area contributed by atoms with Crippen molar-refractivity contribution in [3.63, 3.8) is 0 Å². The van der Waals surface area contributed by atoms with Gasteiger partial charge in [-0.1, -0.05) is 12.1 Å². The summed E-state index contributed by atoms with van der Waals surface area (Å²) >= 11 is 3.75. The maximum Gasteiger partial charge on any atom is 0.0331 e. The van der Waals surface area contributed by atoms with Gasteiger partial charge in [-0.25, -0.2) is 0 Å². The van der Waals surface area contributed by atoms with E-state index in [0.717, 1.165) is 19.0 Å². The molecule has 2 aromatic rings. The molecule has 0 atom stereocenters. The minimum absolute atomic E-state index is 0.858. The van der Waals surface area contributed by atoms with Crippen LogP contribution in [-0.4, -0.2) is 24.5 Å². The van der Waals surface area contributed by atoms with Crippen LogP contribution in [0.1, 0.15) is 22.6 Å². The van der Waals surface area contributed by atoms with Gasteiger partial charge in [-0.2, -0.15) is 0 Å². The Balaban J connectivity index is 1.62. The van der Waals surface area contributed by atoms with Crippen molar-refractivity contribution in [3.05, 3.63) is 44.8 Å². The van der Waals surface area contributed by atoms with Crippen LogP contribution in [0.5, 0.6) is 0 Å². The molecule has 0 spiro atoms. The summed E-state index contributed by atoms with van der Waals surface area (Å²) in [5.74, 6) is 0.858. The number of thiophene rings is 2. The fraction of sp³-hybridized carbons (Fsp3) is 0.500. The molecule has 0 bridgehead atoms. The van der Waals surface area contributed by atoms with E-state index in [9.17, 15) is 0 Å². The van der Waals surface area contributed by atoms with Crippen LogP contribution in [0, 0.1) is 5.92 Å². The van der Waals surface area contributed by atoms with E-state index in [0.29, 0.717) is 0 Å². The molecule has 4 heteroatoms. The molecule has 0 aromatic carbocycles. The lowest BCUT2D eigenvalue weighted by Crippen LogP contribution is -2.35. The van der Waals surface area contributed by atoms with Gasteiger partial charge in [0, 0.05) is 29.4 Å². The molecule has 0 aliphatic carbocycles. The Hall–Kier alpha value is -0.680. The van der Waals surface area contributed by atoms with Crippen LogP contribution in [0.3, 0.4) is 0 Å². The Labute approximate surface area is 129 Å². The van der Waals surface area contributed by atoms with Gasteiger partial charge in [0.15, 0.2) is 0 Å². The second kappa shape index (κ2) is 7.36. The standard InChI is InChI=1S/C16H22N2S2/c1-3-15(19-9-1)12-18(13-16-4-2-10-20-16)11-14-5-7-17-8-6-14/h1-4,9-10,14,17H,5-8,11-13H2. The Morgan fingerprint density at radius 1 is 1.00 bits per heavy atom. The minimum atomic E-state index is 0.858. The van der Waals surface area contributed by atoms with Crippen LogP contribution in [0.2, 0.25) is 0 Å². The first-order valence-corrected chi connectivity index (χ1v) is 9.14. The average Bonchev–Trinajstić information content (AvgIpc) is 3.13. The summed E-state index contributed by atoms with van der Waals surface area (Å²) in [6, 6.07) is 8.84. The van der Waals surface area contributed by atoms with Gasteiger partial charge in [0.1, 0.15) is 0 Å². The summed E-state index contributed by atoms with van der Waals surface area (Å²) in [4.78, 5) is 5.60. The third-order valence-electron chi connectivity index (χ3n) is 3.89. The van der Waals surface area contributed by atoms with Crippen LogP contribution < -0.4 is 5.32 Å². The lowest BCUT2D eigenvalue weighted by atomic mass is 9.97. The molecule has 1 aliphatic rings. The molecule has 20 heavy (non-hydrogen) atoms. The van der Waals surface area contributed by atoms with Gasteiger partial charge >= 0.3 is 0 Å². The Morgan fingerprint density at radius 2 is 1.60 bits per heavy atom. The Bertz CT molecular complexity index is 436. The second-order valence-electron chi connectivity index (χ2n) is 5.52. The van der Waals surface area contributed by atoms with Crippen LogP contribution in [0.4, 0.5) is 0 Å². The van der Waals surface area contributed by atoms with Gasteiger partial charge in [-0.05, 0) is 54.7 Å². The Morgan fingerprint density at radius 3 is 2.10 bits per heavy atom. The lowest BCUT2D eigenvalue weighted by molar-refractivity contribution is 0.194.